The maximum atomic E-state index is 12.6. The van der Waals surface area contributed by atoms with Gasteiger partial charge in [0.2, 0.25) is 5.91 Å². The van der Waals surface area contributed by atoms with Gasteiger partial charge in [-0.15, -0.1) is 12.4 Å². The lowest BCUT2D eigenvalue weighted by Gasteiger charge is -2.18. The predicted octanol–water partition coefficient (Wildman–Crippen LogP) is 4.41. The van der Waals surface area contributed by atoms with Gasteiger partial charge >= 0.3 is 10.1 Å². The van der Waals surface area contributed by atoms with Crippen molar-refractivity contribution >= 4 is 60.8 Å². The first kappa shape index (κ1) is 25.9. The smallest absolute Gasteiger partial charge is 0.339 e. The molecule has 3 aromatic rings. The van der Waals surface area contributed by atoms with Crippen LogP contribution in [0.15, 0.2) is 47.4 Å². The van der Waals surface area contributed by atoms with Gasteiger partial charge in [-0.2, -0.15) is 8.42 Å². The molecule has 3 N–H and O–H groups in total. The molecular formula is C21H26ClN3O5S2. The van der Waals surface area contributed by atoms with Crippen molar-refractivity contribution < 1.29 is 22.5 Å². The van der Waals surface area contributed by atoms with Gasteiger partial charge in [0, 0.05) is 24.7 Å². The van der Waals surface area contributed by atoms with E-state index in [9.17, 15) is 18.3 Å². The van der Waals surface area contributed by atoms with Crippen molar-refractivity contribution in [1.29, 1.82) is 0 Å². The second-order valence-electron chi connectivity index (χ2n) is 7.67. The first-order valence-corrected chi connectivity index (χ1v) is 12.0. The number of halogens is 1. The Morgan fingerprint density at radius 3 is 2.50 bits per heavy atom. The molecule has 8 nitrogen and oxygen atoms in total. The van der Waals surface area contributed by atoms with Crippen LogP contribution in [0.5, 0.6) is 5.75 Å². The third-order valence-electron chi connectivity index (χ3n) is 4.16. The van der Waals surface area contributed by atoms with Crippen molar-refractivity contribution in [3.63, 3.8) is 0 Å². The molecule has 0 aliphatic rings. The number of carbonyl (C=O) groups excluding carboxylic acids is 1. The van der Waals surface area contributed by atoms with Crippen LogP contribution in [0.4, 0.5) is 10.8 Å². The van der Waals surface area contributed by atoms with E-state index in [2.05, 4.69) is 15.6 Å². The molecule has 1 heterocycles. The van der Waals surface area contributed by atoms with E-state index in [4.69, 9.17) is 4.18 Å². The topological polar surface area (TPSA) is 118 Å². The minimum Gasteiger partial charge on any atom is -0.389 e. The minimum atomic E-state index is -4.02. The predicted molar refractivity (Wildman–Crippen MR) is 129 cm³/mol. The van der Waals surface area contributed by atoms with E-state index < -0.39 is 15.7 Å². The number of fused-ring (bicyclic) bond motifs is 1. The summed E-state index contributed by atoms with van der Waals surface area (Å²) in [7, 11) is -4.02. The van der Waals surface area contributed by atoms with Gasteiger partial charge in [-0.1, -0.05) is 18.3 Å². The highest BCUT2D eigenvalue weighted by molar-refractivity contribution is 7.87. The number of anilines is 2. The number of benzene rings is 2. The molecule has 3 rings (SSSR count). The summed E-state index contributed by atoms with van der Waals surface area (Å²) in [6.07, 6.45) is 1.15. The molecule has 0 atom stereocenters. The van der Waals surface area contributed by atoms with Crippen molar-refractivity contribution in [2.24, 2.45) is 0 Å². The third kappa shape index (κ3) is 7.06. The summed E-state index contributed by atoms with van der Waals surface area (Å²) in [5.74, 6) is 0.0490. The van der Waals surface area contributed by atoms with Crippen LogP contribution in [0.3, 0.4) is 0 Å². The largest absolute Gasteiger partial charge is 0.389 e. The molecule has 1 aromatic heterocycles. The highest BCUT2D eigenvalue weighted by Gasteiger charge is 2.18. The number of nitrogens with one attached hydrogen (secondary N) is 2. The number of thiazole rings is 1. The Hall–Kier alpha value is -2.40. The molecule has 0 spiro atoms. The first-order chi connectivity index (χ1) is 14.6. The molecule has 0 fully saturated rings. The van der Waals surface area contributed by atoms with E-state index >= 15 is 0 Å². The summed E-state index contributed by atoms with van der Waals surface area (Å²) in [6.45, 7) is 5.59. The van der Waals surface area contributed by atoms with E-state index in [0.29, 0.717) is 34.0 Å². The minimum absolute atomic E-state index is 0. The molecule has 1 amide bonds. The zero-order valence-corrected chi connectivity index (χ0v) is 20.4. The van der Waals surface area contributed by atoms with Gasteiger partial charge in [0.1, 0.15) is 10.6 Å². The van der Waals surface area contributed by atoms with Gasteiger partial charge in [-0.05, 0) is 56.7 Å². The summed E-state index contributed by atoms with van der Waals surface area (Å²) in [4.78, 5) is 16.1. The van der Waals surface area contributed by atoms with Crippen molar-refractivity contribution in [2.75, 3.05) is 17.2 Å². The van der Waals surface area contributed by atoms with Crippen LogP contribution < -0.4 is 14.8 Å². The van der Waals surface area contributed by atoms with Crippen LogP contribution in [0.2, 0.25) is 0 Å². The summed E-state index contributed by atoms with van der Waals surface area (Å²) in [5.41, 5.74) is 0.440. The van der Waals surface area contributed by atoms with Gasteiger partial charge in [0.15, 0.2) is 5.13 Å². The van der Waals surface area contributed by atoms with E-state index in [1.807, 2.05) is 6.92 Å². The fourth-order valence-electron chi connectivity index (χ4n) is 2.65. The van der Waals surface area contributed by atoms with Crippen LogP contribution >= 0.6 is 23.7 Å². The fourth-order valence-corrected chi connectivity index (χ4v) is 4.48. The Labute approximate surface area is 197 Å². The average Bonchev–Trinajstić information content (AvgIpc) is 3.07. The van der Waals surface area contributed by atoms with Gasteiger partial charge in [-0.3, -0.25) is 4.79 Å². The molecule has 0 bridgehead atoms. The number of amides is 1. The normalized spacial score (nSPS) is 11.6. The number of rotatable bonds is 9. The van der Waals surface area contributed by atoms with Crippen molar-refractivity contribution in [2.45, 2.75) is 44.1 Å². The molecule has 0 unspecified atom stereocenters. The molecule has 0 saturated carbocycles. The zero-order valence-electron chi connectivity index (χ0n) is 17.9. The summed E-state index contributed by atoms with van der Waals surface area (Å²) in [6, 6.07) is 10.9. The van der Waals surface area contributed by atoms with Crippen molar-refractivity contribution in [3.8, 4) is 5.75 Å². The number of hydrogen-bond acceptors (Lipinski definition) is 8. The second-order valence-corrected chi connectivity index (χ2v) is 10.3. The first-order valence-electron chi connectivity index (χ1n) is 9.77. The van der Waals surface area contributed by atoms with Gasteiger partial charge < -0.3 is 19.9 Å². The van der Waals surface area contributed by atoms with E-state index in [1.165, 1.54) is 29.5 Å². The molecule has 0 radical (unpaired) electrons. The van der Waals surface area contributed by atoms with E-state index in [-0.39, 0.29) is 29.0 Å². The number of aliphatic hydroxyl groups is 1. The highest BCUT2D eigenvalue weighted by Crippen LogP contribution is 2.30. The monoisotopic (exact) mass is 499 g/mol. The van der Waals surface area contributed by atoms with Gasteiger partial charge in [0.25, 0.3) is 0 Å². The Bertz CT molecular complexity index is 1170. The van der Waals surface area contributed by atoms with Crippen LogP contribution in [0.1, 0.15) is 33.6 Å². The maximum absolute atomic E-state index is 12.6. The lowest BCUT2D eigenvalue weighted by molar-refractivity contribution is -0.116. The van der Waals surface area contributed by atoms with E-state index in [0.717, 1.165) is 6.42 Å². The maximum Gasteiger partial charge on any atom is 0.339 e. The van der Waals surface area contributed by atoms with Crippen molar-refractivity contribution in [1.82, 2.24) is 4.98 Å². The summed E-state index contributed by atoms with van der Waals surface area (Å²) in [5, 5.41) is 16.0. The average molecular weight is 500 g/mol. The quantitative estimate of drug-likeness (QED) is 0.373. The molecule has 2 aromatic carbocycles. The molecule has 0 aliphatic carbocycles. The fraction of sp³-hybridized carbons (Fsp3) is 0.333. The van der Waals surface area contributed by atoms with Crippen molar-refractivity contribution in [3.05, 3.63) is 42.5 Å². The Morgan fingerprint density at radius 1 is 1.19 bits per heavy atom. The lowest BCUT2D eigenvalue weighted by Crippen LogP contribution is -2.29. The number of aromatic nitrogens is 1. The summed E-state index contributed by atoms with van der Waals surface area (Å²) >= 11 is 1.25. The zero-order chi connectivity index (χ0) is 22.6. The number of carbonyl (C=O) groups is 1. The van der Waals surface area contributed by atoms with Gasteiger partial charge in [0.05, 0.1) is 15.8 Å². The number of nitrogens with zero attached hydrogens (tertiary/aromatic N) is 1. The standard InChI is InChI=1S/C21H25N3O5S2.ClH/c1-4-5-19(25)24-20-23-17-11-8-15(12-18(17)30-20)29-31(27,28)16-9-6-14(7-10-16)22-13-21(2,3)26;/h6-12,22,26H,4-5,13H2,1-3H3,(H,23,24,25);1H. The third-order valence-corrected chi connectivity index (χ3v) is 6.35. The van der Waals surface area contributed by atoms with Crippen LogP contribution in [0, 0.1) is 0 Å². The molecule has 32 heavy (non-hydrogen) atoms. The second kappa shape index (κ2) is 10.5. The molecule has 0 saturated heterocycles. The van der Waals surface area contributed by atoms with Crippen LogP contribution in [-0.4, -0.2) is 36.6 Å². The van der Waals surface area contributed by atoms with Crippen LogP contribution in [0.25, 0.3) is 10.2 Å². The lowest BCUT2D eigenvalue weighted by atomic mass is 10.1. The molecular weight excluding hydrogens is 474 g/mol. The Kier molecular flexibility index (Phi) is 8.47. The summed E-state index contributed by atoms with van der Waals surface area (Å²) < 4.78 is 31.3. The molecule has 0 aliphatic heterocycles. The Balaban J connectivity index is 0.00000363. The Morgan fingerprint density at radius 2 is 1.88 bits per heavy atom. The molecule has 11 heteroatoms. The highest BCUT2D eigenvalue weighted by atomic mass is 35.5. The van der Waals surface area contributed by atoms with Crippen LogP contribution in [-0.2, 0) is 14.9 Å². The SMILES string of the molecule is CCCC(=O)Nc1nc2ccc(OS(=O)(=O)c3ccc(NCC(C)(C)O)cc3)cc2s1.Cl. The number of hydrogen-bond donors (Lipinski definition) is 3. The van der Waals surface area contributed by atoms with E-state index in [1.54, 1.807) is 38.1 Å². The van der Waals surface area contributed by atoms with Gasteiger partial charge in [-0.25, -0.2) is 4.98 Å². The molecule has 174 valence electrons.